The normalized spacial score (nSPS) is 12.0. The van der Waals surface area contributed by atoms with Gasteiger partial charge >= 0.3 is 0 Å². The van der Waals surface area contributed by atoms with Crippen LogP contribution >= 0.6 is 0 Å². The van der Waals surface area contributed by atoms with Crippen LogP contribution in [0.3, 0.4) is 0 Å². The number of aromatic nitrogens is 2. The molecule has 4 aromatic rings. The minimum Gasteiger partial charge on any atom is -0.332 e. The van der Waals surface area contributed by atoms with Gasteiger partial charge in [0.1, 0.15) is 5.82 Å². The maximum atomic E-state index is 14.0. The zero-order valence-corrected chi connectivity index (χ0v) is 24.3. The predicted molar refractivity (Wildman–Crippen MR) is 165 cm³/mol. The van der Waals surface area contributed by atoms with Crippen molar-refractivity contribution in [2.24, 2.45) is 0 Å². The third-order valence-corrected chi connectivity index (χ3v) is 7.76. The van der Waals surface area contributed by atoms with E-state index in [2.05, 4.69) is 45.0 Å². The van der Waals surface area contributed by atoms with Crippen LogP contribution < -0.4 is 5.56 Å². The fraction of sp³-hybridized carbons (Fsp3) is 0.400. The van der Waals surface area contributed by atoms with Crippen molar-refractivity contribution in [2.75, 3.05) is 6.54 Å². The summed E-state index contributed by atoms with van der Waals surface area (Å²) in [6.45, 7) is 6.98. The molecule has 1 aromatic heterocycles. The summed E-state index contributed by atoms with van der Waals surface area (Å²) < 4.78 is 1.74. The van der Waals surface area contributed by atoms with E-state index in [0.29, 0.717) is 36.1 Å². The number of hydrogen-bond acceptors (Lipinski definition) is 3. The van der Waals surface area contributed by atoms with Gasteiger partial charge in [0.15, 0.2) is 0 Å². The Morgan fingerprint density at radius 3 is 2.23 bits per heavy atom. The van der Waals surface area contributed by atoms with Crippen LogP contribution in [0.4, 0.5) is 0 Å². The highest BCUT2D eigenvalue weighted by atomic mass is 16.2. The van der Waals surface area contributed by atoms with E-state index in [4.69, 9.17) is 4.98 Å². The van der Waals surface area contributed by atoms with Crippen molar-refractivity contribution in [1.29, 1.82) is 0 Å². The number of amides is 1. The van der Waals surface area contributed by atoms with Crippen LogP contribution in [-0.4, -0.2) is 26.9 Å². The molecule has 0 fully saturated rings. The quantitative estimate of drug-likeness (QED) is 0.154. The minimum atomic E-state index is -0.324. The monoisotopic (exact) mass is 537 g/mol. The summed E-state index contributed by atoms with van der Waals surface area (Å²) in [4.78, 5) is 34.9. The molecule has 1 amide bonds. The molecule has 5 heteroatoms. The highest BCUT2D eigenvalue weighted by molar-refractivity contribution is 5.79. The number of benzene rings is 3. The van der Waals surface area contributed by atoms with Gasteiger partial charge in [-0.2, -0.15) is 0 Å². The molecule has 0 saturated heterocycles. The van der Waals surface area contributed by atoms with Crippen molar-refractivity contribution in [3.05, 3.63) is 106 Å². The van der Waals surface area contributed by atoms with E-state index in [1.807, 2.05) is 59.5 Å². The van der Waals surface area contributed by atoms with Gasteiger partial charge in [-0.3, -0.25) is 14.2 Å². The predicted octanol–water partition coefficient (Wildman–Crippen LogP) is 7.83. The molecule has 0 aliphatic carbocycles. The van der Waals surface area contributed by atoms with Gasteiger partial charge in [-0.1, -0.05) is 101 Å². The van der Waals surface area contributed by atoms with Gasteiger partial charge in [0.2, 0.25) is 5.91 Å². The molecule has 1 heterocycles. The molecular formula is C35H43N3O2. The Kier molecular flexibility index (Phi) is 10.7. The minimum absolute atomic E-state index is 0.0988. The zero-order valence-electron chi connectivity index (χ0n) is 24.3. The van der Waals surface area contributed by atoms with Gasteiger partial charge in [-0.05, 0) is 61.1 Å². The second-order valence-electron chi connectivity index (χ2n) is 10.6. The highest BCUT2D eigenvalue weighted by Crippen LogP contribution is 2.28. The van der Waals surface area contributed by atoms with Gasteiger partial charge in [0.25, 0.3) is 5.56 Å². The van der Waals surface area contributed by atoms with Gasteiger partial charge < -0.3 is 4.90 Å². The van der Waals surface area contributed by atoms with E-state index in [9.17, 15) is 9.59 Å². The molecule has 0 bridgehead atoms. The van der Waals surface area contributed by atoms with Gasteiger partial charge in [-0.15, -0.1) is 0 Å². The molecule has 0 radical (unpaired) electrons. The third kappa shape index (κ3) is 7.07. The van der Waals surface area contributed by atoms with Crippen molar-refractivity contribution in [2.45, 2.75) is 84.6 Å². The molecule has 1 atom stereocenters. The standard InChI is InChI=1S/C35H43N3O2/c1-4-7-8-9-13-20-33(39)37(26-25-28-16-11-10-12-17-28)32(6-3)34-36-31-19-15-14-18-30(31)35(40)38(34)29-23-21-27(5-2)22-24-29/h10-12,14-19,21-24,32H,4-9,13,20,25-26H2,1-3H3. The van der Waals surface area contributed by atoms with E-state index < -0.39 is 0 Å². The van der Waals surface area contributed by atoms with Gasteiger partial charge in [0.05, 0.1) is 22.6 Å². The maximum Gasteiger partial charge on any atom is 0.266 e. The molecule has 0 N–H and O–H groups in total. The number of hydrogen-bond donors (Lipinski definition) is 0. The lowest BCUT2D eigenvalue weighted by molar-refractivity contribution is -0.134. The first-order valence-corrected chi connectivity index (χ1v) is 15.0. The lowest BCUT2D eigenvalue weighted by Gasteiger charge is -2.33. The van der Waals surface area contributed by atoms with E-state index in [1.165, 1.54) is 24.0 Å². The van der Waals surface area contributed by atoms with Crippen molar-refractivity contribution < 1.29 is 4.79 Å². The molecule has 0 aliphatic rings. The summed E-state index contributed by atoms with van der Waals surface area (Å²) in [5.41, 5.74) is 3.75. The summed E-state index contributed by atoms with van der Waals surface area (Å²) in [6, 6.07) is 25.6. The summed E-state index contributed by atoms with van der Waals surface area (Å²) in [5, 5.41) is 0.582. The first kappa shape index (κ1) is 29.3. The Morgan fingerprint density at radius 1 is 0.825 bits per heavy atom. The molecule has 0 aliphatic heterocycles. The molecule has 3 aromatic carbocycles. The van der Waals surface area contributed by atoms with E-state index in [1.54, 1.807) is 4.57 Å². The number of unbranched alkanes of at least 4 members (excludes halogenated alkanes) is 4. The first-order valence-electron chi connectivity index (χ1n) is 15.0. The Bertz CT molecular complexity index is 1430. The fourth-order valence-corrected chi connectivity index (χ4v) is 5.42. The SMILES string of the molecule is CCCCCCCC(=O)N(CCc1ccccc1)C(CC)c1nc2ccccc2c(=O)n1-c1ccc(CC)cc1. The van der Waals surface area contributed by atoms with Crippen molar-refractivity contribution in [3.63, 3.8) is 0 Å². The Hall–Kier alpha value is -3.73. The largest absolute Gasteiger partial charge is 0.332 e. The molecule has 0 spiro atoms. The molecule has 4 rings (SSSR count). The van der Waals surface area contributed by atoms with Crippen LogP contribution in [-0.2, 0) is 17.6 Å². The first-order chi connectivity index (χ1) is 19.6. The zero-order chi connectivity index (χ0) is 28.3. The molecule has 0 saturated carbocycles. The molecule has 210 valence electrons. The maximum absolute atomic E-state index is 14.0. The molecule has 1 unspecified atom stereocenters. The number of carbonyl (C=O) groups is 1. The molecule has 5 nitrogen and oxygen atoms in total. The summed E-state index contributed by atoms with van der Waals surface area (Å²) in [5.74, 6) is 0.761. The fourth-order valence-electron chi connectivity index (χ4n) is 5.42. The third-order valence-electron chi connectivity index (χ3n) is 7.76. The molecule has 40 heavy (non-hydrogen) atoms. The summed E-state index contributed by atoms with van der Waals surface area (Å²) in [6.07, 6.45) is 8.33. The van der Waals surface area contributed by atoms with Gasteiger partial charge in [0, 0.05) is 13.0 Å². The van der Waals surface area contributed by atoms with E-state index >= 15 is 0 Å². The van der Waals surface area contributed by atoms with E-state index in [0.717, 1.165) is 37.8 Å². The number of para-hydroxylation sites is 1. The smallest absolute Gasteiger partial charge is 0.266 e. The summed E-state index contributed by atoms with van der Waals surface area (Å²) >= 11 is 0. The number of nitrogens with zero attached hydrogens (tertiary/aromatic N) is 3. The average molecular weight is 538 g/mol. The van der Waals surface area contributed by atoms with Crippen LogP contribution in [0.15, 0.2) is 83.7 Å². The molecular weight excluding hydrogens is 494 g/mol. The number of rotatable bonds is 14. The van der Waals surface area contributed by atoms with Crippen molar-refractivity contribution in [1.82, 2.24) is 14.5 Å². The van der Waals surface area contributed by atoms with Gasteiger partial charge in [-0.25, -0.2) is 4.98 Å². The van der Waals surface area contributed by atoms with Crippen LogP contribution in [0.2, 0.25) is 0 Å². The van der Waals surface area contributed by atoms with Crippen molar-refractivity contribution in [3.8, 4) is 5.69 Å². The summed E-state index contributed by atoms with van der Waals surface area (Å²) in [7, 11) is 0. The Labute approximate surface area is 238 Å². The highest BCUT2D eigenvalue weighted by Gasteiger charge is 2.28. The Morgan fingerprint density at radius 2 is 1.52 bits per heavy atom. The van der Waals surface area contributed by atoms with Crippen molar-refractivity contribution >= 4 is 16.8 Å². The second-order valence-corrected chi connectivity index (χ2v) is 10.6. The average Bonchev–Trinajstić information content (AvgIpc) is 2.99. The number of carbonyl (C=O) groups excluding carboxylic acids is 1. The lowest BCUT2D eigenvalue weighted by atomic mass is 10.1. The Balaban J connectivity index is 1.77. The van der Waals surface area contributed by atoms with Crippen LogP contribution in [0.5, 0.6) is 0 Å². The number of fused-ring (bicyclic) bond motifs is 1. The van der Waals surface area contributed by atoms with Crippen LogP contribution in [0.25, 0.3) is 16.6 Å². The number of aryl methyl sites for hydroxylation is 1. The lowest BCUT2D eigenvalue weighted by Crippen LogP contribution is -2.39. The van der Waals surface area contributed by atoms with E-state index in [-0.39, 0.29) is 17.5 Å². The van der Waals surface area contributed by atoms with Crippen LogP contribution in [0, 0.1) is 0 Å². The topological polar surface area (TPSA) is 55.2 Å². The van der Waals surface area contributed by atoms with Crippen LogP contribution in [0.1, 0.15) is 88.7 Å². The second kappa shape index (κ2) is 14.6.